The summed E-state index contributed by atoms with van der Waals surface area (Å²) in [5, 5.41) is 6.98. The molecule has 108 valence electrons. The van der Waals surface area contributed by atoms with Gasteiger partial charge in [0.05, 0.1) is 12.1 Å². The fraction of sp³-hybridized carbons (Fsp3) is 0.500. The lowest BCUT2D eigenvalue weighted by Gasteiger charge is -2.19. The lowest BCUT2D eigenvalue weighted by Crippen LogP contribution is -2.28. The molecule has 0 N–H and O–H groups in total. The first-order chi connectivity index (χ1) is 8.73. The van der Waals surface area contributed by atoms with Crippen LogP contribution in [-0.2, 0) is 34.9 Å². The molecule has 0 unspecified atom stereocenters. The van der Waals surface area contributed by atoms with Crippen LogP contribution in [0.5, 0.6) is 0 Å². The molecule has 0 heterocycles. The van der Waals surface area contributed by atoms with E-state index in [2.05, 4.69) is 45.2 Å². The van der Waals surface area contributed by atoms with Crippen molar-refractivity contribution in [2.75, 3.05) is 14.1 Å². The van der Waals surface area contributed by atoms with E-state index in [0.717, 1.165) is 20.7 Å². The zero-order valence-corrected chi connectivity index (χ0v) is 13.1. The number of nitrogens with zero attached hydrogens (tertiary/aromatic N) is 4. The molecule has 0 radical (unpaired) electrons. The average molecular weight is 324 g/mol. The van der Waals surface area contributed by atoms with Gasteiger partial charge in [-0.15, -0.1) is 10.3 Å². The lowest BCUT2D eigenvalue weighted by molar-refractivity contribution is 0.131. The van der Waals surface area contributed by atoms with Crippen molar-refractivity contribution in [2.45, 2.75) is 13.8 Å². The third-order valence-electron chi connectivity index (χ3n) is 1.26. The Balaban J connectivity index is 4.28. The molecule has 0 spiro atoms. The maximum atomic E-state index is 11.4. The van der Waals surface area contributed by atoms with Gasteiger partial charge in [0.2, 0.25) is 0 Å². The van der Waals surface area contributed by atoms with Crippen molar-refractivity contribution in [1.82, 2.24) is 8.61 Å². The van der Waals surface area contributed by atoms with E-state index < -0.39 is 12.2 Å². The summed E-state index contributed by atoms with van der Waals surface area (Å²) >= 11 is 9.95. The highest BCUT2D eigenvalue weighted by molar-refractivity contribution is 7.95. The second-order valence-corrected chi connectivity index (χ2v) is 5.45. The van der Waals surface area contributed by atoms with Gasteiger partial charge in [0.15, 0.2) is 0 Å². The van der Waals surface area contributed by atoms with Crippen molar-refractivity contribution in [3.63, 3.8) is 0 Å². The van der Waals surface area contributed by atoms with E-state index in [-0.39, 0.29) is 10.1 Å². The summed E-state index contributed by atoms with van der Waals surface area (Å²) in [5.41, 5.74) is 0. The molecular formula is C8H12N4O4S3-2. The highest BCUT2D eigenvalue weighted by Crippen LogP contribution is 2.14. The van der Waals surface area contributed by atoms with Crippen molar-refractivity contribution in [3.05, 3.63) is 0 Å². The van der Waals surface area contributed by atoms with E-state index in [0.29, 0.717) is 0 Å². The van der Waals surface area contributed by atoms with E-state index in [1.165, 1.54) is 27.9 Å². The normalized spacial score (nSPS) is 11.8. The Bertz CT molecular complexity index is 357. The maximum Gasteiger partial charge on any atom is 0.447 e. The molecule has 0 aromatic rings. The molecule has 0 aliphatic rings. The van der Waals surface area contributed by atoms with E-state index in [4.69, 9.17) is 0 Å². The highest BCUT2D eigenvalue weighted by Gasteiger charge is 2.18. The van der Waals surface area contributed by atoms with Crippen molar-refractivity contribution in [2.24, 2.45) is 10.3 Å². The van der Waals surface area contributed by atoms with Gasteiger partial charge in [-0.2, -0.15) is 0 Å². The van der Waals surface area contributed by atoms with Gasteiger partial charge in [0, 0.05) is 14.1 Å². The number of oxime groups is 2. The number of hydrogen-bond donors (Lipinski definition) is 0. The molecule has 0 bridgehead atoms. The van der Waals surface area contributed by atoms with Gasteiger partial charge in [-0.05, 0) is 13.8 Å². The van der Waals surface area contributed by atoms with Crippen molar-refractivity contribution in [1.29, 1.82) is 0 Å². The van der Waals surface area contributed by atoms with Crippen molar-refractivity contribution >= 4 is 59.7 Å². The van der Waals surface area contributed by atoms with Crippen LogP contribution in [0.15, 0.2) is 10.3 Å². The second kappa shape index (κ2) is 8.72. The van der Waals surface area contributed by atoms with Gasteiger partial charge >= 0.3 is 12.2 Å². The third-order valence-corrected chi connectivity index (χ3v) is 2.20. The zero-order valence-electron chi connectivity index (χ0n) is 10.6. The van der Waals surface area contributed by atoms with Crippen LogP contribution in [0, 0.1) is 0 Å². The van der Waals surface area contributed by atoms with Crippen LogP contribution < -0.4 is 0 Å². The molecule has 0 saturated carbocycles. The Hall–Kier alpha value is -1.33. The largest absolute Gasteiger partial charge is 0.762 e. The van der Waals surface area contributed by atoms with Crippen LogP contribution in [0.1, 0.15) is 13.8 Å². The Morgan fingerprint density at radius 2 is 1.26 bits per heavy atom. The Morgan fingerprint density at radius 1 is 0.947 bits per heavy atom. The summed E-state index contributed by atoms with van der Waals surface area (Å²) in [5.74, 6) is 0. The lowest BCUT2D eigenvalue weighted by atomic mass is 10.9. The smallest absolute Gasteiger partial charge is 0.447 e. The number of carbonyl (C=O) groups is 2. The molecule has 0 aromatic heterocycles. The molecule has 2 amide bonds. The predicted molar refractivity (Wildman–Crippen MR) is 77.0 cm³/mol. The van der Waals surface area contributed by atoms with E-state index in [1.807, 2.05) is 0 Å². The molecule has 0 aliphatic carbocycles. The minimum Gasteiger partial charge on any atom is -0.762 e. The van der Waals surface area contributed by atoms with Crippen LogP contribution in [0.2, 0.25) is 0 Å². The molecule has 0 fully saturated rings. The molecule has 0 rings (SSSR count). The number of carbonyl (C=O) groups excluding carboxylic acids is 2. The maximum absolute atomic E-state index is 11.4. The van der Waals surface area contributed by atoms with Gasteiger partial charge in [0.25, 0.3) is 0 Å². The van der Waals surface area contributed by atoms with Crippen LogP contribution >= 0.6 is 12.1 Å². The Kier molecular flexibility index (Phi) is 8.11. The monoisotopic (exact) mass is 324 g/mol. The number of hydrogen-bond acceptors (Lipinski definition) is 9. The molecule has 19 heavy (non-hydrogen) atoms. The van der Waals surface area contributed by atoms with Crippen molar-refractivity contribution in [3.8, 4) is 0 Å². The molecule has 8 nitrogen and oxygen atoms in total. The van der Waals surface area contributed by atoms with E-state index in [9.17, 15) is 9.59 Å². The Morgan fingerprint density at radius 3 is 1.53 bits per heavy atom. The van der Waals surface area contributed by atoms with Gasteiger partial charge in [-0.3, -0.25) is 9.68 Å². The fourth-order valence-electron chi connectivity index (χ4n) is 0.572. The summed E-state index contributed by atoms with van der Waals surface area (Å²) in [6.45, 7) is 2.99. The molecule has 0 aliphatic heterocycles. The topological polar surface area (TPSA) is 83.8 Å². The number of amides is 2. The first-order valence-electron chi connectivity index (χ1n) is 4.74. The van der Waals surface area contributed by atoms with Crippen molar-refractivity contribution < 1.29 is 19.3 Å². The van der Waals surface area contributed by atoms with Crippen LogP contribution in [-0.4, -0.2) is 45.0 Å². The molecule has 0 saturated heterocycles. The summed E-state index contributed by atoms with van der Waals surface area (Å²) in [6, 6.07) is 0. The quantitative estimate of drug-likeness (QED) is 0.193. The van der Waals surface area contributed by atoms with Gasteiger partial charge in [-0.25, -0.2) is 18.2 Å². The van der Waals surface area contributed by atoms with Gasteiger partial charge in [0.1, 0.15) is 0 Å². The molecule has 11 heteroatoms. The first-order valence-corrected chi connectivity index (χ1v) is 6.29. The average Bonchev–Trinajstić information content (AvgIpc) is 2.32. The molecule has 0 aromatic carbocycles. The third kappa shape index (κ3) is 8.40. The number of rotatable bonds is 4. The predicted octanol–water partition coefficient (Wildman–Crippen LogP) is 1.45. The minimum atomic E-state index is -0.795. The standard InChI is InChI=1S/C8H14N4O4S3/c1-5(17)9-15-7(13)11(3)19-12(4)8(14)16-10-6(2)18/h1-4H3,(H,9,17)(H,10,18)/p-2. The highest BCUT2D eigenvalue weighted by atomic mass is 32.2. The fourth-order valence-corrected chi connectivity index (χ4v) is 1.21. The summed E-state index contributed by atoms with van der Waals surface area (Å²) < 4.78 is 2.04. The minimum absolute atomic E-state index is 0.176. The Labute approximate surface area is 126 Å². The molecular weight excluding hydrogens is 312 g/mol. The van der Waals surface area contributed by atoms with Crippen LogP contribution in [0.3, 0.4) is 0 Å². The van der Waals surface area contributed by atoms with Gasteiger partial charge in [-0.1, -0.05) is 10.1 Å². The summed E-state index contributed by atoms with van der Waals surface area (Å²) in [6.07, 6.45) is -1.59. The van der Waals surface area contributed by atoms with E-state index >= 15 is 0 Å². The summed E-state index contributed by atoms with van der Waals surface area (Å²) in [7, 11) is 2.76. The zero-order chi connectivity index (χ0) is 15.0. The van der Waals surface area contributed by atoms with Crippen LogP contribution in [0.25, 0.3) is 0 Å². The van der Waals surface area contributed by atoms with E-state index in [1.54, 1.807) is 0 Å². The first kappa shape index (κ1) is 17.7. The van der Waals surface area contributed by atoms with Gasteiger partial charge < -0.3 is 25.3 Å². The summed E-state index contributed by atoms with van der Waals surface area (Å²) in [4.78, 5) is 31.7. The SMILES string of the molecule is C/C([S-])=N/OC(=O)N(C)SN(C)C(=O)O/N=C(/C)[S-]. The molecule has 0 atom stereocenters. The van der Waals surface area contributed by atoms with Crippen LogP contribution in [0.4, 0.5) is 9.59 Å². The second-order valence-electron chi connectivity index (χ2n) is 3.01.